The summed E-state index contributed by atoms with van der Waals surface area (Å²) in [5.74, 6) is -0.486. The van der Waals surface area contributed by atoms with Gasteiger partial charge in [0.15, 0.2) is 0 Å². The van der Waals surface area contributed by atoms with Crippen LogP contribution in [0, 0.1) is 0 Å². The van der Waals surface area contributed by atoms with Gasteiger partial charge in [0.1, 0.15) is 5.56 Å². The highest BCUT2D eigenvalue weighted by atomic mass is 79.9. The number of aromatic amines is 1. The van der Waals surface area contributed by atoms with E-state index in [9.17, 15) is 9.59 Å². The van der Waals surface area contributed by atoms with E-state index in [1.165, 1.54) is 12.3 Å². The molecule has 0 spiro atoms. The largest absolute Gasteiger partial charge is 0.328 e. The summed E-state index contributed by atoms with van der Waals surface area (Å²) in [4.78, 5) is 25.8. The summed E-state index contributed by atoms with van der Waals surface area (Å²) in [7, 11) is 0. The van der Waals surface area contributed by atoms with Crippen molar-refractivity contribution in [1.29, 1.82) is 0 Å². The van der Waals surface area contributed by atoms with Gasteiger partial charge in [0.25, 0.3) is 11.5 Å². The molecule has 0 fully saturated rings. The normalized spacial score (nSPS) is 10.1. The Morgan fingerprint density at radius 1 is 1.33 bits per heavy atom. The predicted molar refractivity (Wildman–Crippen MR) is 74.2 cm³/mol. The van der Waals surface area contributed by atoms with Crippen molar-refractivity contribution in [2.45, 2.75) is 0 Å². The van der Waals surface area contributed by atoms with Gasteiger partial charge in [0, 0.05) is 15.7 Å². The second kappa shape index (κ2) is 5.37. The molecule has 4 nitrogen and oxygen atoms in total. The van der Waals surface area contributed by atoms with E-state index in [2.05, 4.69) is 26.2 Å². The maximum atomic E-state index is 11.9. The summed E-state index contributed by atoms with van der Waals surface area (Å²) in [5.41, 5.74) is 0.119. The number of anilines is 1. The molecule has 2 rings (SSSR count). The highest BCUT2D eigenvalue weighted by molar-refractivity contribution is 9.10. The quantitative estimate of drug-likeness (QED) is 0.890. The average Bonchev–Trinajstić information content (AvgIpc) is 2.34. The second-order valence-electron chi connectivity index (χ2n) is 3.49. The van der Waals surface area contributed by atoms with E-state index >= 15 is 0 Å². The minimum Gasteiger partial charge on any atom is -0.328 e. The van der Waals surface area contributed by atoms with Crippen LogP contribution in [0.5, 0.6) is 0 Å². The molecular weight excluding hydrogens is 320 g/mol. The molecule has 2 aromatic rings. The smallest absolute Gasteiger partial charge is 0.261 e. The van der Waals surface area contributed by atoms with Crippen molar-refractivity contribution in [3.8, 4) is 0 Å². The molecule has 0 aliphatic rings. The molecule has 0 aliphatic heterocycles. The molecule has 0 atom stereocenters. The fourth-order valence-corrected chi connectivity index (χ4v) is 1.90. The first-order chi connectivity index (χ1) is 8.58. The predicted octanol–water partition coefficient (Wildman–Crippen LogP) is 3.04. The molecule has 1 amide bonds. The van der Waals surface area contributed by atoms with E-state index < -0.39 is 11.5 Å². The molecule has 1 heterocycles. The third kappa shape index (κ3) is 2.80. The fraction of sp³-hybridized carbons (Fsp3) is 0. The van der Waals surface area contributed by atoms with Gasteiger partial charge in [-0.05, 0) is 46.3 Å². The van der Waals surface area contributed by atoms with Crippen LogP contribution < -0.4 is 10.9 Å². The number of halogens is 2. The Morgan fingerprint density at radius 2 is 2.11 bits per heavy atom. The third-order valence-corrected chi connectivity index (χ3v) is 3.17. The number of aromatic nitrogens is 1. The lowest BCUT2D eigenvalue weighted by atomic mass is 10.2. The van der Waals surface area contributed by atoms with Crippen LogP contribution in [0.25, 0.3) is 0 Å². The minimum atomic E-state index is -0.486. The maximum Gasteiger partial charge on any atom is 0.261 e. The topological polar surface area (TPSA) is 62.0 Å². The zero-order valence-electron chi connectivity index (χ0n) is 9.04. The average molecular weight is 328 g/mol. The van der Waals surface area contributed by atoms with Crippen LogP contribution in [0.1, 0.15) is 10.4 Å². The first kappa shape index (κ1) is 12.9. The van der Waals surface area contributed by atoms with Gasteiger partial charge in [0.05, 0.1) is 5.69 Å². The summed E-state index contributed by atoms with van der Waals surface area (Å²) in [6, 6.07) is 8.04. The van der Waals surface area contributed by atoms with Crippen LogP contribution in [0.4, 0.5) is 5.69 Å². The van der Waals surface area contributed by atoms with Gasteiger partial charge in [-0.1, -0.05) is 11.6 Å². The van der Waals surface area contributed by atoms with Gasteiger partial charge in [-0.3, -0.25) is 9.59 Å². The Balaban J connectivity index is 2.30. The van der Waals surface area contributed by atoms with Gasteiger partial charge in [-0.25, -0.2) is 0 Å². The van der Waals surface area contributed by atoms with Crippen LogP contribution >= 0.6 is 27.5 Å². The zero-order chi connectivity index (χ0) is 13.1. The summed E-state index contributed by atoms with van der Waals surface area (Å²) in [6.45, 7) is 0. The highest BCUT2D eigenvalue weighted by Crippen LogP contribution is 2.26. The Labute approximate surface area is 116 Å². The number of hydrogen-bond donors (Lipinski definition) is 2. The van der Waals surface area contributed by atoms with Crippen molar-refractivity contribution < 1.29 is 4.79 Å². The third-order valence-electron chi connectivity index (χ3n) is 2.24. The Bertz CT molecular complexity index is 655. The molecule has 6 heteroatoms. The van der Waals surface area contributed by atoms with E-state index in [0.717, 1.165) is 0 Å². The molecular formula is C12H8BrClN2O2. The van der Waals surface area contributed by atoms with Gasteiger partial charge in [-0.15, -0.1) is 0 Å². The Morgan fingerprint density at radius 3 is 2.83 bits per heavy atom. The number of benzene rings is 1. The number of pyridine rings is 1. The molecule has 0 radical (unpaired) electrons. The maximum absolute atomic E-state index is 11.9. The lowest BCUT2D eigenvalue weighted by molar-refractivity contribution is 0.102. The number of nitrogens with one attached hydrogen (secondary N) is 2. The molecule has 0 saturated carbocycles. The summed E-state index contributed by atoms with van der Waals surface area (Å²) >= 11 is 9.13. The van der Waals surface area contributed by atoms with Crippen molar-refractivity contribution >= 4 is 39.1 Å². The van der Waals surface area contributed by atoms with Gasteiger partial charge < -0.3 is 10.3 Å². The number of amides is 1. The fourth-order valence-electron chi connectivity index (χ4n) is 1.38. The van der Waals surface area contributed by atoms with Crippen LogP contribution in [-0.2, 0) is 0 Å². The lowest BCUT2D eigenvalue weighted by Crippen LogP contribution is -2.22. The lowest BCUT2D eigenvalue weighted by Gasteiger charge is -2.07. The van der Waals surface area contributed by atoms with E-state index in [4.69, 9.17) is 11.6 Å². The summed E-state index contributed by atoms with van der Waals surface area (Å²) < 4.78 is 0.688. The first-order valence-electron chi connectivity index (χ1n) is 5.02. The molecule has 1 aromatic heterocycles. The monoisotopic (exact) mass is 326 g/mol. The standard InChI is InChI=1S/C12H8BrClN2O2/c13-9-4-3-7(14)6-10(9)16-12(18)8-2-1-5-15-11(8)17/h1-6H,(H,15,17)(H,16,18). The number of carbonyl (C=O) groups is 1. The SMILES string of the molecule is O=C(Nc1cc(Cl)ccc1Br)c1ccc[nH]c1=O. The van der Waals surface area contributed by atoms with E-state index in [1.54, 1.807) is 24.3 Å². The van der Waals surface area contributed by atoms with Crippen molar-refractivity contribution in [3.63, 3.8) is 0 Å². The van der Waals surface area contributed by atoms with Gasteiger partial charge in [-0.2, -0.15) is 0 Å². The molecule has 0 bridgehead atoms. The van der Waals surface area contributed by atoms with E-state index in [1.807, 2.05) is 0 Å². The van der Waals surface area contributed by atoms with Crippen LogP contribution in [-0.4, -0.2) is 10.9 Å². The number of carbonyl (C=O) groups excluding carboxylic acids is 1. The van der Waals surface area contributed by atoms with E-state index in [0.29, 0.717) is 15.2 Å². The second-order valence-corrected chi connectivity index (χ2v) is 4.78. The van der Waals surface area contributed by atoms with Crippen LogP contribution in [0.3, 0.4) is 0 Å². The number of H-pyrrole nitrogens is 1. The zero-order valence-corrected chi connectivity index (χ0v) is 11.4. The van der Waals surface area contributed by atoms with Crippen molar-refractivity contribution in [2.24, 2.45) is 0 Å². The van der Waals surface area contributed by atoms with Gasteiger partial charge in [0.2, 0.25) is 0 Å². The molecule has 0 aliphatic carbocycles. The molecule has 18 heavy (non-hydrogen) atoms. The molecule has 0 saturated heterocycles. The minimum absolute atomic E-state index is 0.0457. The van der Waals surface area contributed by atoms with Crippen molar-refractivity contribution in [2.75, 3.05) is 5.32 Å². The molecule has 1 aromatic carbocycles. The molecule has 0 unspecified atom stereocenters. The van der Waals surface area contributed by atoms with E-state index in [-0.39, 0.29) is 5.56 Å². The van der Waals surface area contributed by atoms with Crippen molar-refractivity contribution in [3.05, 3.63) is 61.9 Å². The highest BCUT2D eigenvalue weighted by Gasteiger charge is 2.11. The molecule has 92 valence electrons. The van der Waals surface area contributed by atoms with Crippen LogP contribution in [0.2, 0.25) is 5.02 Å². The molecule has 2 N–H and O–H groups in total. The van der Waals surface area contributed by atoms with Gasteiger partial charge >= 0.3 is 0 Å². The summed E-state index contributed by atoms with van der Waals surface area (Å²) in [6.07, 6.45) is 1.47. The Hall–Kier alpha value is -1.59. The van der Waals surface area contributed by atoms with Crippen molar-refractivity contribution in [1.82, 2.24) is 4.98 Å². The summed E-state index contributed by atoms with van der Waals surface area (Å²) in [5, 5.41) is 3.11. The first-order valence-corrected chi connectivity index (χ1v) is 6.19. The Kier molecular flexibility index (Phi) is 3.84. The number of hydrogen-bond acceptors (Lipinski definition) is 2. The number of rotatable bonds is 2. The van der Waals surface area contributed by atoms with Crippen LogP contribution in [0.15, 0.2) is 45.8 Å².